The maximum atomic E-state index is 14.7. The third-order valence-corrected chi connectivity index (χ3v) is 6.37. The Bertz CT molecular complexity index is 815. The second kappa shape index (κ2) is 8.54. The molecule has 0 spiro atoms. The molecule has 0 amide bonds. The minimum Gasteiger partial charge on any atom is -0.306 e. The van der Waals surface area contributed by atoms with Gasteiger partial charge in [0.2, 0.25) is 0 Å². The van der Waals surface area contributed by atoms with E-state index in [0.717, 1.165) is 44.6 Å². The normalized spacial score (nSPS) is 22.3. The van der Waals surface area contributed by atoms with Crippen LogP contribution < -0.4 is 0 Å². The summed E-state index contributed by atoms with van der Waals surface area (Å²) in [6.45, 7) is 4.16. The number of nitrogens with zero attached hydrogens (tertiary/aromatic N) is 2. The highest BCUT2D eigenvalue weighted by molar-refractivity contribution is 5.98. The van der Waals surface area contributed by atoms with Gasteiger partial charge in [-0.3, -0.25) is 9.69 Å². The van der Waals surface area contributed by atoms with Crippen LogP contribution in [-0.2, 0) is 0 Å². The largest absolute Gasteiger partial charge is 0.306 e. The number of piperidine rings is 2. The van der Waals surface area contributed by atoms with Crippen molar-refractivity contribution in [3.05, 3.63) is 59.9 Å². The minimum atomic E-state index is -0.319. The summed E-state index contributed by atoms with van der Waals surface area (Å²) in [6.07, 6.45) is 4.31. The number of likely N-dealkylation sites (tertiary alicyclic amines) is 2. The molecule has 2 aliphatic rings. The summed E-state index contributed by atoms with van der Waals surface area (Å²) >= 11 is 0. The van der Waals surface area contributed by atoms with Crippen LogP contribution in [0.15, 0.2) is 48.5 Å². The third kappa shape index (κ3) is 4.18. The number of Topliss-reactive ketones (excluding diaryl/α,β-unsaturated/α-hetero) is 1. The Kier molecular flexibility index (Phi) is 5.88. The molecule has 2 fully saturated rings. The molecule has 0 radical (unpaired) electrons. The highest BCUT2D eigenvalue weighted by Crippen LogP contribution is 2.28. The van der Waals surface area contributed by atoms with E-state index in [9.17, 15) is 9.18 Å². The van der Waals surface area contributed by atoms with Gasteiger partial charge in [-0.05, 0) is 64.0 Å². The lowest BCUT2D eigenvalue weighted by atomic mass is 9.87. The molecular formula is C24H29FN2O. The van der Waals surface area contributed by atoms with Gasteiger partial charge in [-0.2, -0.15) is 0 Å². The Morgan fingerprint density at radius 2 is 1.75 bits per heavy atom. The van der Waals surface area contributed by atoms with Crippen LogP contribution in [0.3, 0.4) is 0 Å². The monoisotopic (exact) mass is 380 g/mol. The van der Waals surface area contributed by atoms with Gasteiger partial charge in [-0.15, -0.1) is 0 Å². The smallest absolute Gasteiger partial charge is 0.167 e. The van der Waals surface area contributed by atoms with Crippen LogP contribution in [0.4, 0.5) is 4.39 Å². The molecule has 0 N–H and O–H groups in total. The van der Waals surface area contributed by atoms with E-state index in [-0.39, 0.29) is 17.5 Å². The van der Waals surface area contributed by atoms with Gasteiger partial charge in [0.1, 0.15) is 5.82 Å². The predicted octanol–water partition coefficient (Wildman–Crippen LogP) is 4.48. The summed E-state index contributed by atoms with van der Waals surface area (Å²) < 4.78 is 14.7. The maximum absolute atomic E-state index is 14.7. The topological polar surface area (TPSA) is 23.6 Å². The first-order valence-corrected chi connectivity index (χ1v) is 10.4. The molecule has 0 bridgehead atoms. The standard InChI is InChI=1S/C24H29FN2O/c1-26-14-11-21(12-15-26)27-13-5-8-20(17-27)24(28)19-9-10-22(23(25)16-19)18-6-3-2-4-7-18/h2-4,6-7,9-10,16,20-21H,5,8,11-15,17H2,1H3. The van der Waals surface area contributed by atoms with E-state index in [1.165, 1.54) is 18.9 Å². The van der Waals surface area contributed by atoms with Crippen LogP contribution in [-0.4, -0.2) is 54.9 Å². The van der Waals surface area contributed by atoms with Crippen LogP contribution in [0.1, 0.15) is 36.0 Å². The van der Waals surface area contributed by atoms with Crippen molar-refractivity contribution in [2.45, 2.75) is 31.7 Å². The van der Waals surface area contributed by atoms with Gasteiger partial charge < -0.3 is 4.90 Å². The van der Waals surface area contributed by atoms with Crippen LogP contribution in [0.2, 0.25) is 0 Å². The number of benzene rings is 2. The van der Waals surface area contributed by atoms with Crippen molar-refractivity contribution in [3.63, 3.8) is 0 Å². The molecule has 0 aliphatic carbocycles. The van der Waals surface area contributed by atoms with E-state index in [0.29, 0.717) is 17.2 Å². The molecule has 1 unspecified atom stereocenters. The predicted molar refractivity (Wildman–Crippen MR) is 111 cm³/mol. The number of halogens is 1. The van der Waals surface area contributed by atoms with Gasteiger partial charge in [0.25, 0.3) is 0 Å². The van der Waals surface area contributed by atoms with Crippen LogP contribution >= 0.6 is 0 Å². The number of carbonyl (C=O) groups is 1. The van der Waals surface area contributed by atoms with Crippen LogP contribution in [0.5, 0.6) is 0 Å². The first-order valence-electron chi connectivity index (χ1n) is 10.4. The molecule has 4 heteroatoms. The van der Waals surface area contributed by atoms with Gasteiger partial charge >= 0.3 is 0 Å². The lowest BCUT2D eigenvalue weighted by Gasteiger charge is -2.41. The fraction of sp³-hybridized carbons (Fsp3) is 0.458. The van der Waals surface area contributed by atoms with E-state index < -0.39 is 0 Å². The number of ketones is 1. The molecule has 0 saturated carbocycles. The zero-order valence-corrected chi connectivity index (χ0v) is 16.6. The molecule has 2 heterocycles. The fourth-order valence-electron chi connectivity index (χ4n) is 4.67. The summed E-state index contributed by atoms with van der Waals surface area (Å²) in [4.78, 5) is 18.0. The second-order valence-corrected chi connectivity index (χ2v) is 8.29. The van der Waals surface area contributed by atoms with Crippen molar-refractivity contribution in [3.8, 4) is 11.1 Å². The van der Waals surface area contributed by atoms with E-state index in [2.05, 4.69) is 16.8 Å². The maximum Gasteiger partial charge on any atom is 0.167 e. The minimum absolute atomic E-state index is 0.0182. The van der Waals surface area contributed by atoms with Gasteiger partial charge in [0.15, 0.2) is 5.78 Å². The summed E-state index contributed by atoms with van der Waals surface area (Å²) in [5.41, 5.74) is 1.89. The molecule has 2 saturated heterocycles. The van der Waals surface area contributed by atoms with Crippen molar-refractivity contribution in [1.82, 2.24) is 9.80 Å². The van der Waals surface area contributed by atoms with Gasteiger partial charge in [0.05, 0.1) is 0 Å². The number of hydrogen-bond acceptors (Lipinski definition) is 3. The van der Waals surface area contributed by atoms with Gasteiger partial charge in [0, 0.05) is 29.6 Å². The first-order chi connectivity index (χ1) is 13.6. The lowest BCUT2D eigenvalue weighted by molar-refractivity contribution is 0.0629. The molecule has 3 nitrogen and oxygen atoms in total. The third-order valence-electron chi connectivity index (χ3n) is 6.37. The zero-order valence-electron chi connectivity index (χ0n) is 16.6. The zero-order chi connectivity index (χ0) is 19.5. The summed E-state index contributed by atoms with van der Waals surface area (Å²) in [7, 11) is 2.17. The van der Waals surface area contributed by atoms with E-state index in [1.54, 1.807) is 12.1 Å². The number of carbonyl (C=O) groups excluding carboxylic acids is 1. The Labute approximate surface area is 167 Å². The number of hydrogen-bond donors (Lipinski definition) is 0. The van der Waals surface area contributed by atoms with E-state index >= 15 is 0 Å². The Morgan fingerprint density at radius 3 is 2.46 bits per heavy atom. The Morgan fingerprint density at radius 1 is 1.00 bits per heavy atom. The van der Waals surface area contributed by atoms with E-state index in [4.69, 9.17) is 0 Å². The SMILES string of the molecule is CN1CCC(N2CCCC(C(=O)c3ccc(-c4ccccc4)c(F)c3)C2)CC1. The van der Waals surface area contributed by atoms with Gasteiger partial charge in [-0.25, -0.2) is 4.39 Å². The average molecular weight is 381 g/mol. The van der Waals surface area contributed by atoms with E-state index in [1.807, 2.05) is 30.3 Å². The summed E-state index contributed by atoms with van der Waals surface area (Å²) in [5, 5.41) is 0. The molecule has 4 rings (SSSR count). The molecule has 148 valence electrons. The molecule has 28 heavy (non-hydrogen) atoms. The van der Waals surface area contributed by atoms with Crippen LogP contribution in [0.25, 0.3) is 11.1 Å². The molecule has 2 aliphatic heterocycles. The summed E-state index contributed by atoms with van der Waals surface area (Å²) in [6, 6.07) is 15.0. The lowest BCUT2D eigenvalue weighted by Crippen LogP contribution is -2.48. The van der Waals surface area contributed by atoms with Crippen molar-refractivity contribution < 1.29 is 9.18 Å². The fourth-order valence-corrected chi connectivity index (χ4v) is 4.67. The van der Waals surface area contributed by atoms with Crippen LogP contribution in [0, 0.1) is 11.7 Å². The van der Waals surface area contributed by atoms with Crippen molar-refractivity contribution in [2.75, 3.05) is 33.2 Å². The number of rotatable bonds is 4. The van der Waals surface area contributed by atoms with Crippen molar-refractivity contribution in [2.24, 2.45) is 5.92 Å². The molecule has 1 atom stereocenters. The molecule has 2 aromatic carbocycles. The van der Waals surface area contributed by atoms with Gasteiger partial charge in [-0.1, -0.05) is 42.5 Å². The molecule has 2 aromatic rings. The highest BCUT2D eigenvalue weighted by atomic mass is 19.1. The van der Waals surface area contributed by atoms with Crippen molar-refractivity contribution in [1.29, 1.82) is 0 Å². The molecular weight excluding hydrogens is 351 g/mol. The Hall–Kier alpha value is -2.04. The molecule has 0 aromatic heterocycles. The Balaban J connectivity index is 1.46. The summed E-state index contributed by atoms with van der Waals surface area (Å²) in [5.74, 6) is -0.244. The first kappa shape index (κ1) is 19.3. The quantitative estimate of drug-likeness (QED) is 0.731. The average Bonchev–Trinajstić information content (AvgIpc) is 2.74. The van der Waals surface area contributed by atoms with Crippen molar-refractivity contribution >= 4 is 5.78 Å². The second-order valence-electron chi connectivity index (χ2n) is 8.29. The highest BCUT2D eigenvalue weighted by Gasteiger charge is 2.31.